The third kappa shape index (κ3) is 6.20. The van der Waals surface area contributed by atoms with E-state index in [2.05, 4.69) is 10.5 Å². The molecule has 0 bridgehead atoms. The lowest BCUT2D eigenvalue weighted by Gasteiger charge is -2.13. The first kappa shape index (κ1) is 21.2. The fourth-order valence-electron chi connectivity index (χ4n) is 2.15. The van der Waals surface area contributed by atoms with E-state index in [-0.39, 0.29) is 10.8 Å². The lowest BCUT2D eigenvalue weighted by Crippen LogP contribution is -2.11. The predicted octanol–water partition coefficient (Wildman–Crippen LogP) is 4.63. The van der Waals surface area contributed by atoms with Gasteiger partial charge in [-0.3, -0.25) is 0 Å². The second kappa shape index (κ2) is 10.3. The molecule has 0 amide bonds. The molecule has 2 aromatic rings. The molecule has 0 heterocycles. The van der Waals surface area contributed by atoms with Crippen molar-refractivity contribution in [2.45, 2.75) is 13.5 Å². The molecule has 27 heavy (non-hydrogen) atoms. The fourth-order valence-corrected chi connectivity index (χ4v) is 2.95. The van der Waals surface area contributed by atoms with Crippen LogP contribution in [0.15, 0.2) is 35.4 Å². The monoisotopic (exact) mass is 430 g/mol. The largest absolute Gasteiger partial charge is 0.490 e. The zero-order valence-corrected chi connectivity index (χ0v) is 16.6. The summed E-state index contributed by atoms with van der Waals surface area (Å²) in [4.78, 5) is 10.7. The number of ether oxygens (including phenoxy) is 2. The van der Waals surface area contributed by atoms with Gasteiger partial charge in [0.25, 0.3) is 0 Å². The Balaban J connectivity index is 2.11. The SMILES string of the molecule is CCOc1cc(/C=N/NCc2c(Cl)cccc2Cl)cc(Cl)c1OCC(=O)O. The van der Waals surface area contributed by atoms with E-state index in [1.165, 1.54) is 0 Å². The molecule has 0 saturated heterocycles. The Morgan fingerprint density at radius 2 is 1.89 bits per heavy atom. The number of benzene rings is 2. The second-order valence-electron chi connectivity index (χ2n) is 5.24. The average Bonchev–Trinajstić information content (AvgIpc) is 2.60. The van der Waals surface area contributed by atoms with Crippen LogP contribution < -0.4 is 14.9 Å². The third-order valence-electron chi connectivity index (χ3n) is 3.29. The lowest BCUT2D eigenvalue weighted by molar-refractivity contribution is -0.139. The number of carbonyl (C=O) groups is 1. The minimum atomic E-state index is -1.11. The fraction of sp³-hybridized carbons (Fsp3) is 0.222. The highest BCUT2D eigenvalue weighted by Gasteiger charge is 2.13. The molecule has 2 rings (SSSR count). The number of hydrogen-bond donors (Lipinski definition) is 2. The van der Waals surface area contributed by atoms with Crippen molar-refractivity contribution in [3.63, 3.8) is 0 Å². The van der Waals surface area contributed by atoms with Crippen LogP contribution in [0.4, 0.5) is 0 Å². The number of aliphatic carboxylic acids is 1. The van der Waals surface area contributed by atoms with Crippen LogP contribution in [0.2, 0.25) is 15.1 Å². The van der Waals surface area contributed by atoms with E-state index in [1.54, 1.807) is 43.5 Å². The molecule has 0 aromatic heterocycles. The maximum atomic E-state index is 10.7. The topological polar surface area (TPSA) is 80.1 Å². The second-order valence-corrected chi connectivity index (χ2v) is 6.46. The number of carboxylic acid groups (broad SMARTS) is 1. The molecule has 9 heteroatoms. The summed E-state index contributed by atoms with van der Waals surface area (Å²) in [6.07, 6.45) is 1.54. The van der Waals surface area contributed by atoms with Crippen LogP contribution in [0.3, 0.4) is 0 Å². The Kier molecular flexibility index (Phi) is 8.03. The number of carboxylic acids is 1. The highest BCUT2D eigenvalue weighted by Crippen LogP contribution is 2.36. The molecule has 6 nitrogen and oxygen atoms in total. The van der Waals surface area contributed by atoms with Crippen LogP contribution in [-0.2, 0) is 11.3 Å². The van der Waals surface area contributed by atoms with Crippen molar-refractivity contribution < 1.29 is 19.4 Å². The molecule has 0 aliphatic carbocycles. The van der Waals surface area contributed by atoms with Gasteiger partial charge in [-0.25, -0.2) is 4.79 Å². The highest BCUT2D eigenvalue weighted by molar-refractivity contribution is 6.36. The van der Waals surface area contributed by atoms with E-state index >= 15 is 0 Å². The van der Waals surface area contributed by atoms with Crippen LogP contribution in [0.25, 0.3) is 0 Å². The molecule has 0 radical (unpaired) electrons. The summed E-state index contributed by atoms with van der Waals surface area (Å²) >= 11 is 18.4. The normalized spacial score (nSPS) is 10.8. The lowest BCUT2D eigenvalue weighted by atomic mass is 10.2. The van der Waals surface area contributed by atoms with Crippen molar-refractivity contribution in [2.75, 3.05) is 13.2 Å². The number of hydrogen-bond acceptors (Lipinski definition) is 5. The first-order chi connectivity index (χ1) is 12.9. The van der Waals surface area contributed by atoms with E-state index in [4.69, 9.17) is 49.4 Å². The summed E-state index contributed by atoms with van der Waals surface area (Å²) in [6.45, 7) is 1.99. The smallest absolute Gasteiger partial charge is 0.341 e. The first-order valence-corrected chi connectivity index (χ1v) is 9.05. The average molecular weight is 432 g/mol. The molecular formula is C18H17Cl3N2O4. The maximum absolute atomic E-state index is 10.7. The Morgan fingerprint density at radius 1 is 1.19 bits per heavy atom. The molecule has 0 saturated carbocycles. The van der Waals surface area contributed by atoms with Gasteiger partial charge in [0.2, 0.25) is 0 Å². The summed E-state index contributed by atoms with van der Waals surface area (Å²) in [5, 5.41) is 14.2. The molecule has 2 N–H and O–H groups in total. The minimum absolute atomic E-state index is 0.175. The summed E-state index contributed by atoms with van der Waals surface area (Å²) in [5.74, 6) is -0.600. The first-order valence-electron chi connectivity index (χ1n) is 7.92. The molecule has 0 unspecified atom stereocenters. The summed E-state index contributed by atoms with van der Waals surface area (Å²) < 4.78 is 10.7. The van der Waals surface area contributed by atoms with E-state index in [1.807, 2.05) is 0 Å². The summed E-state index contributed by atoms with van der Waals surface area (Å²) in [7, 11) is 0. The Labute approximate surface area is 171 Å². The number of halogens is 3. The van der Waals surface area contributed by atoms with Gasteiger partial charge in [0, 0.05) is 15.6 Å². The van der Waals surface area contributed by atoms with Crippen molar-refractivity contribution in [1.29, 1.82) is 0 Å². The van der Waals surface area contributed by atoms with Crippen molar-refractivity contribution in [2.24, 2.45) is 5.10 Å². The predicted molar refractivity (Wildman–Crippen MR) is 107 cm³/mol. The number of rotatable bonds is 9. The van der Waals surface area contributed by atoms with E-state index in [0.717, 1.165) is 5.56 Å². The van der Waals surface area contributed by atoms with Gasteiger partial charge in [-0.2, -0.15) is 5.10 Å². The van der Waals surface area contributed by atoms with Gasteiger partial charge in [0.05, 0.1) is 24.4 Å². The zero-order chi connectivity index (χ0) is 19.8. The maximum Gasteiger partial charge on any atom is 0.341 e. The van der Waals surface area contributed by atoms with E-state index < -0.39 is 12.6 Å². The van der Waals surface area contributed by atoms with Crippen LogP contribution in [0, 0.1) is 0 Å². The van der Waals surface area contributed by atoms with Crippen molar-refractivity contribution in [3.05, 3.63) is 56.5 Å². The molecule has 0 spiro atoms. The third-order valence-corrected chi connectivity index (χ3v) is 4.28. The molecule has 0 aliphatic heterocycles. The highest BCUT2D eigenvalue weighted by atomic mass is 35.5. The van der Waals surface area contributed by atoms with E-state index in [0.29, 0.717) is 34.5 Å². The standard InChI is InChI=1S/C18H17Cl3N2O4/c1-2-26-16-7-11(6-15(21)18(16)27-10-17(24)25)8-22-23-9-12-13(19)4-3-5-14(12)20/h3-8,23H,2,9-10H2,1H3,(H,24,25)/b22-8+. The number of nitrogens with one attached hydrogen (secondary N) is 1. The van der Waals surface area contributed by atoms with Gasteiger partial charge in [-0.05, 0) is 36.8 Å². The zero-order valence-electron chi connectivity index (χ0n) is 14.3. The van der Waals surface area contributed by atoms with Crippen LogP contribution in [0.5, 0.6) is 11.5 Å². The molecule has 144 valence electrons. The molecule has 2 aromatic carbocycles. The quantitative estimate of drug-likeness (QED) is 0.447. The number of hydrazone groups is 1. The van der Waals surface area contributed by atoms with Gasteiger partial charge >= 0.3 is 5.97 Å². The molecular weight excluding hydrogens is 415 g/mol. The Hall–Kier alpha value is -2.15. The summed E-state index contributed by atoms with van der Waals surface area (Å²) in [6, 6.07) is 8.51. The van der Waals surface area contributed by atoms with Gasteiger partial charge in [0.15, 0.2) is 18.1 Å². The summed E-state index contributed by atoms with van der Waals surface area (Å²) in [5.41, 5.74) is 4.25. The van der Waals surface area contributed by atoms with Crippen LogP contribution in [-0.4, -0.2) is 30.5 Å². The molecule has 0 fully saturated rings. The van der Waals surface area contributed by atoms with Gasteiger partial charge < -0.3 is 20.0 Å². The van der Waals surface area contributed by atoms with Crippen molar-refractivity contribution in [3.8, 4) is 11.5 Å². The molecule has 0 atom stereocenters. The van der Waals surface area contributed by atoms with Crippen LogP contribution in [0.1, 0.15) is 18.1 Å². The van der Waals surface area contributed by atoms with E-state index in [9.17, 15) is 4.79 Å². The Morgan fingerprint density at radius 3 is 2.52 bits per heavy atom. The van der Waals surface area contributed by atoms with Crippen molar-refractivity contribution in [1.82, 2.24) is 5.43 Å². The van der Waals surface area contributed by atoms with Crippen molar-refractivity contribution >= 4 is 47.0 Å². The van der Waals surface area contributed by atoms with Gasteiger partial charge in [0.1, 0.15) is 0 Å². The van der Waals surface area contributed by atoms with Gasteiger partial charge in [-0.15, -0.1) is 0 Å². The number of nitrogens with zero attached hydrogens (tertiary/aromatic N) is 1. The minimum Gasteiger partial charge on any atom is -0.490 e. The molecule has 0 aliphatic rings. The van der Waals surface area contributed by atoms with Crippen LogP contribution >= 0.6 is 34.8 Å². The Bertz CT molecular complexity index is 823. The van der Waals surface area contributed by atoms with Gasteiger partial charge in [-0.1, -0.05) is 40.9 Å².